The Bertz CT molecular complexity index is 1370. The lowest BCUT2D eigenvalue weighted by molar-refractivity contribution is -0.274. The fraction of sp³-hybridized carbons (Fsp3) is 0.261. The summed E-state index contributed by atoms with van der Waals surface area (Å²) in [5.41, 5.74) is 8.97. The first-order valence-electron chi connectivity index (χ1n) is 10.5. The molecule has 4 aromatic rings. The molecule has 176 valence electrons. The van der Waals surface area contributed by atoms with Crippen molar-refractivity contribution in [1.82, 2.24) is 19.3 Å². The number of ether oxygens (including phenoxy) is 2. The first kappa shape index (κ1) is 22.0. The maximum Gasteiger partial charge on any atom is 0.573 e. The highest BCUT2D eigenvalue weighted by atomic mass is 19.4. The van der Waals surface area contributed by atoms with Gasteiger partial charge in [-0.15, -0.1) is 13.2 Å². The third-order valence-electron chi connectivity index (χ3n) is 5.75. The number of morpholine rings is 1. The predicted octanol–water partition coefficient (Wildman–Crippen LogP) is 3.97. The number of carbonyl (C=O) groups is 1. The summed E-state index contributed by atoms with van der Waals surface area (Å²) in [4.78, 5) is 23.8. The zero-order chi connectivity index (χ0) is 24.0. The lowest BCUT2D eigenvalue weighted by Crippen LogP contribution is -2.49. The lowest BCUT2D eigenvalue weighted by Gasteiger charge is -2.40. The summed E-state index contributed by atoms with van der Waals surface area (Å²) in [6, 6.07) is 10.6. The number of nitrogen functional groups attached to an aromatic ring is 1. The van der Waals surface area contributed by atoms with E-state index < -0.39 is 18.2 Å². The van der Waals surface area contributed by atoms with Crippen LogP contribution in [0.3, 0.4) is 0 Å². The van der Waals surface area contributed by atoms with E-state index in [4.69, 9.17) is 10.5 Å². The van der Waals surface area contributed by atoms with E-state index >= 15 is 0 Å². The smallest absolute Gasteiger partial charge is 0.404 e. The van der Waals surface area contributed by atoms with Crippen molar-refractivity contribution in [3.05, 3.63) is 66.1 Å². The molecular weight excluding hydrogens is 451 g/mol. The second kappa shape index (κ2) is 8.17. The van der Waals surface area contributed by atoms with Gasteiger partial charge in [0.05, 0.1) is 53.7 Å². The molecule has 2 unspecified atom stereocenters. The van der Waals surface area contributed by atoms with Crippen LogP contribution in [0.15, 0.2) is 54.9 Å². The molecule has 5 rings (SSSR count). The van der Waals surface area contributed by atoms with E-state index in [9.17, 15) is 18.0 Å². The van der Waals surface area contributed by atoms with Crippen molar-refractivity contribution in [2.45, 2.75) is 25.4 Å². The SMILES string of the molecule is CC1COCC(c2ccc(OC(F)(F)F)cn2)N1C(=O)c1ccc2nc(N)c3cccn3c2c1. The van der Waals surface area contributed by atoms with Crippen LogP contribution in [0.2, 0.25) is 0 Å². The highest BCUT2D eigenvalue weighted by molar-refractivity contribution is 5.98. The zero-order valence-corrected chi connectivity index (χ0v) is 18.0. The van der Waals surface area contributed by atoms with E-state index in [1.807, 2.05) is 29.7 Å². The Morgan fingerprint density at radius 3 is 2.74 bits per heavy atom. The molecule has 0 spiro atoms. The second-order valence-corrected chi connectivity index (χ2v) is 8.05. The van der Waals surface area contributed by atoms with E-state index in [1.165, 1.54) is 12.1 Å². The van der Waals surface area contributed by atoms with Crippen molar-refractivity contribution < 1.29 is 27.4 Å². The molecule has 2 atom stereocenters. The number of hydrogen-bond donors (Lipinski definition) is 1. The van der Waals surface area contributed by atoms with Crippen molar-refractivity contribution in [2.24, 2.45) is 0 Å². The molecule has 11 heteroatoms. The highest BCUT2D eigenvalue weighted by Gasteiger charge is 2.36. The maximum atomic E-state index is 13.6. The number of pyridine rings is 1. The minimum atomic E-state index is -4.81. The van der Waals surface area contributed by atoms with Crippen LogP contribution >= 0.6 is 0 Å². The van der Waals surface area contributed by atoms with Gasteiger partial charge < -0.3 is 24.5 Å². The first-order valence-corrected chi connectivity index (χ1v) is 10.5. The molecule has 0 bridgehead atoms. The number of nitrogens with two attached hydrogens (primary N) is 1. The molecule has 8 nitrogen and oxygen atoms in total. The molecular formula is C23H20F3N5O3. The van der Waals surface area contributed by atoms with E-state index in [2.05, 4.69) is 14.7 Å². The van der Waals surface area contributed by atoms with Crippen molar-refractivity contribution in [1.29, 1.82) is 0 Å². The van der Waals surface area contributed by atoms with E-state index in [-0.39, 0.29) is 18.6 Å². The largest absolute Gasteiger partial charge is 0.573 e. The Hall–Kier alpha value is -3.86. The molecule has 1 aromatic carbocycles. The van der Waals surface area contributed by atoms with Crippen molar-refractivity contribution >= 4 is 28.3 Å². The lowest BCUT2D eigenvalue weighted by atomic mass is 10.0. The third kappa shape index (κ3) is 3.98. The quantitative estimate of drug-likeness (QED) is 0.486. The number of nitrogens with zero attached hydrogens (tertiary/aromatic N) is 4. The third-order valence-corrected chi connectivity index (χ3v) is 5.75. The van der Waals surface area contributed by atoms with E-state index in [0.717, 1.165) is 17.2 Å². The molecule has 0 radical (unpaired) electrons. The Morgan fingerprint density at radius 2 is 2.00 bits per heavy atom. The van der Waals surface area contributed by atoms with Gasteiger partial charge in [-0.3, -0.25) is 9.78 Å². The van der Waals surface area contributed by atoms with Crippen LogP contribution in [0.1, 0.15) is 29.0 Å². The maximum absolute atomic E-state index is 13.6. The van der Waals surface area contributed by atoms with Crippen LogP contribution in [0, 0.1) is 0 Å². The molecule has 1 aliphatic rings. The number of rotatable bonds is 3. The van der Waals surface area contributed by atoms with Crippen LogP contribution in [0.25, 0.3) is 16.6 Å². The van der Waals surface area contributed by atoms with Crippen molar-refractivity contribution in [2.75, 3.05) is 18.9 Å². The summed E-state index contributed by atoms with van der Waals surface area (Å²) in [5, 5.41) is 0. The summed E-state index contributed by atoms with van der Waals surface area (Å²) in [5.74, 6) is -0.296. The van der Waals surface area contributed by atoms with Gasteiger partial charge in [-0.2, -0.15) is 0 Å². The van der Waals surface area contributed by atoms with Crippen LogP contribution in [0.4, 0.5) is 19.0 Å². The van der Waals surface area contributed by atoms with Gasteiger partial charge >= 0.3 is 6.36 Å². The summed E-state index contributed by atoms with van der Waals surface area (Å²) < 4.78 is 48.8. The summed E-state index contributed by atoms with van der Waals surface area (Å²) >= 11 is 0. The minimum Gasteiger partial charge on any atom is -0.404 e. The Morgan fingerprint density at radius 1 is 1.18 bits per heavy atom. The number of alkyl halides is 3. The van der Waals surface area contributed by atoms with Crippen LogP contribution in [-0.4, -0.2) is 50.8 Å². The molecule has 4 heterocycles. The molecule has 1 fully saturated rings. The van der Waals surface area contributed by atoms with E-state index in [0.29, 0.717) is 29.2 Å². The Kier molecular flexibility index (Phi) is 5.28. The fourth-order valence-electron chi connectivity index (χ4n) is 4.25. The van der Waals surface area contributed by atoms with Crippen LogP contribution in [0.5, 0.6) is 5.75 Å². The predicted molar refractivity (Wildman–Crippen MR) is 117 cm³/mol. The van der Waals surface area contributed by atoms with Gasteiger partial charge in [-0.05, 0) is 49.4 Å². The van der Waals surface area contributed by atoms with Gasteiger partial charge in [0, 0.05) is 11.8 Å². The van der Waals surface area contributed by atoms with Gasteiger partial charge in [0.2, 0.25) is 0 Å². The number of anilines is 1. The number of amides is 1. The van der Waals surface area contributed by atoms with Gasteiger partial charge in [-0.25, -0.2) is 4.98 Å². The monoisotopic (exact) mass is 471 g/mol. The van der Waals surface area contributed by atoms with Crippen molar-refractivity contribution in [3.8, 4) is 5.75 Å². The van der Waals surface area contributed by atoms with Crippen LogP contribution < -0.4 is 10.5 Å². The molecule has 0 saturated carbocycles. The molecule has 1 saturated heterocycles. The van der Waals surface area contributed by atoms with Crippen LogP contribution in [-0.2, 0) is 4.74 Å². The fourth-order valence-corrected chi connectivity index (χ4v) is 4.25. The topological polar surface area (TPSA) is 95.0 Å². The average Bonchev–Trinajstić information content (AvgIpc) is 3.29. The van der Waals surface area contributed by atoms with Gasteiger partial charge in [0.15, 0.2) is 0 Å². The second-order valence-electron chi connectivity index (χ2n) is 8.05. The molecule has 1 aliphatic heterocycles. The number of hydrogen-bond acceptors (Lipinski definition) is 6. The normalized spacial score (nSPS) is 19.0. The summed E-state index contributed by atoms with van der Waals surface area (Å²) in [7, 11) is 0. The van der Waals surface area contributed by atoms with Gasteiger partial charge in [0.1, 0.15) is 11.6 Å². The number of halogens is 3. The minimum absolute atomic E-state index is 0.163. The van der Waals surface area contributed by atoms with Gasteiger partial charge in [-0.1, -0.05) is 0 Å². The first-order chi connectivity index (χ1) is 16.2. The molecule has 2 N–H and O–H groups in total. The number of carbonyl (C=O) groups excluding carboxylic acids is 1. The number of fused-ring (bicyclic) bond motifs is 3. The van der Waals surface area contributed by atoms with Gasteiger partial charge in [0.25, 0.3) is 5.91 Å². The Labute approximate surface area is 191 Å². The summed E-state index contributed by atoms with van der Waals surface area (Å²) in [6.07, 6.45) is -1.98. The van der Waals surface area contributed by atoms with Crippen molar-refractivity contribution in [3.63, 3.8) is 0 Å². The molecule has 1 amide bonds. The molecule has 3 aromatic heterocycles. The standard InChI is InChI=1S/C23H20F3N5O3/c1-13-11-33-12-20(16-7-5-15(10-28-16)34-23(24,25)26)31(13)22(32)14-4-6-17-19(9-14)30-8-2-3-18(30)21(27)29-17/h2-10,13,20H,11-12H2,1H3,(H2,27,29). The Balaban J connectivity index is 1.49. The molecule has 0 aliphatic carbocycles. The molecule has 34 heavy (non-hydrogen) atoms. The number of benzene rings is 1. The average molecular weight is 471 g/mol. The zero-order valence-electron chi connectivity index (χ0n) is 18.0. The number of aromatic nitrogens is 3. The van der Waals surface area contributed by atoms with E-state index in [1.54, 1.807) is 23.1 Å². The highest BCUT2D eigenvalue weighted by Crippen LogP contribution is 2.31. The summed E-state index contributed by atoms with van der Waals surface area (Å²) in [6.45, 7) is 2.33.